The number of fused-ring (bicyclic) bond motifs is 1. The zero-order valence-electron chi connectivity index (χ0n) is 13.1. The SMILES string of the molecule is Cc1cccc2cc(C(=O)Nc3ccc(S(N)(=O)=O)cc3)c(=O)oc12. The summed E-state index contributed by atoms with van der Waals surface area (Å²) in [6.07, 6.45) is 0. The molecule has 2 aromatic carbocycles. The van der Waals surface area contributed by atoms with Crippen molar-refractivity contribution in [1.29, 1.82) is 0 Å². The molecule has 0 atom stereocenters. The first kappa shape index (κ1) is 16.9. The molecule has 0 unspecified atom stereocenters. The first-order valence-corrected chi connectivity index (χ1v) is 8.78. The minimum atomic E-state index is -3.81. The predicted molar refractivity (Wildman–Crippen MR) is 93.0 cm³/mol. The topological polar surface area (TPSA) is 119 Å². The zero-order chi connectivity index (χ0) is 18.2. The largest absolute Gasteiger partial charge is 0.422 e. The number of hydrogen-bond acceptors (Lipinski definition) is 5. The highest BCUT2D eigenvalue weighted by atomic mass is 32.2. The molecule has 128 valence electrons. The Bertz CT molecular complexity index is 1130. The molecule has 1 amide bonds. The van der Waals surface area contributed by atoms with Crippen molar-refractivity contribution >= 4 is 32.6 Å². The van der Waals surface area contributed by atoms with Crippen molar-refractivity contribution in [2.45, 2.75) is 11.8 Å². The summed E-state index contributed by atoms with van der Waals surface area (Å²) < 4.78 is 27.7. The standard InChI is InChI=1S/C17H14N2O5S/c1-10-3-2-4-11-9-14(17(21)24-15(10)11)16(20)19-12-5-7-13(8-6-12)25(18,22)23/h2-9H,1H3,(H,19,20)(H2,18,22,23). The Balaban J connectivity index is 1.92. The fourth-order valence-corrected chi connectivity index (χ4v) is 2.89. The van der Waals surface area contributed by atoms with Gasteiger partial charge in [-0.1, -0.05) is 18.2 Å². The molecule has 1 heterocycles. The van der Waals surface area contributed by atoms with Gasteiger partial charge in [0.15, 0.2) is 0 Å². The van der Waals surface area contributed by atoms with Crippen molar-refractivity contribution in [3.05, 3.63) is 70.1 Å². The van der Waals surface area contributed by atoms with Gasteiger partial charge < -0.3 is 9.73 Å². The van der Waals surface area contributed by atoms with Crippen molar-refractivity contribution in [1.82, 2.24) is 0 Å². The molecule has 0 saturated carbocycles. The number of anilines is 1. The van der Waals surface area contributed by atoms with Gasteiger partial charge in [-0.15, -0.1) is 0 Å². The van der Waals surface area contributed by atoms with Crippen LogP contribution in [0.5, 0.6) is 0 Å². The summed E-state index contributed by atoms with van der Waals surface area (Å²) in [5.74, 6) is -0.652. The Morgan fingerprint density at radius 2 is 1.80 bits per heavy atom. The van der Waals surface area contributed by atoms with Gasteiger partial charge in [0, 0.05) is 11.1 Å². The lowest BCUT2D eigenvalue weighted by Crippen LogP contribution is -2.20. The average molecular weight is 358 g/mol. The number of para-hydroxylation sites is 1. The van der Waals surface area contributed by atoms with Crippen LogP contribution in [0, 0.1) is 6.92 Å². The maximum atomic E-state index is 12.3. The van der Waals surface area contributed by atoms with E-state index in [1.165, 1.54) is 30.3 Å². The number of rotatable bonds is 3. The Labute approximate surface area is 143 Å². The van der Waals surface area contributed by atoms with Crippen molar-refractivity contribution in [3.63, 3.8) is 0 Å². The fraction of sp³-hybridized carbons (Fsp3) is 0.0588. The third-order valence-corrected chi connectivity index (χ3v) is 4.57. The van der Waals surface area contributed by atoms with Crippen LogP contribution < -0.4 is 16.1 Å². The highest BCUT2D eigenvalue weighted by Crippen LogP contribution is 2.18. The van der Waals surface area contributed by atoms with Crippen LogP contribution >= 0.6 is 0 Å². The molecule has 0 aliphatic rings. The van der Waals surface area contributed by atoms with Crippen LogP contribution in [0.3, 0.4) is 0 Å². The second-order valence-electron chi connectivity index (χ2n) is 5.46. The van der Waals surface area contributed by atoms with Crippen molar-refractivity contribution in [3.8, 4) is 0 Å². The van der Waals surface area contributed by atoms with Crippen LogP contribution in [0.15, 0.2) is 62.6 Å². The lowest BCUT2D eigenvalue weighted by atomic mass is 10.1. The Morgan fingerprint density at radius 1 is 1.12 bits per heavy atom. The summed E-state index contributed by atoms with van der Waals surface area (Å²) in [7, 11) is -3.81. The van der Waals surface area contributed by atoms with Gasteiger partial charge >= 0.3 is 5.63 Å². The zero-order valence-corrected chi connectivity index (χ0v) is 14.0. The number of amides is 1. The summed E-state index contributed by atoms with van der Waals surface area (Å²) >= 11 is 0. The highest BCUT2D eigenvalue weighted by molar-refractivity contribution is 7.89. The molecule has 0 aliphatic heterocycles. The van der Waals surface area contributed by atoms with E-state index in [0.717, 1.165) is 5.56 Å². The van der Waals surface area contributed by atoms with E-state index in [9.17, 15) is 18.0 Å². The maximum Gasteiger partial charge on any atom is 0.349 e. The lowest BCUT2D eigenvalue weighted by molar-refractivity contribution is 0.102. The third kappa shape index (κ3) is 3.44. The quantitative estimate of drug-likeness (QED) is 0.694. The Morgan fingerprint density at radius 3 is 2.44 bits per heavy atom. The van der Waals surface area contributed by atoms with Gasteiger partial charge in [0.25, 0.3) is 5.91 Å². The minimum absolute atomic E-state index is 0.0776. The fourth-order valence-electron chi connectivity index (χ4n) is 2.37. The average Bonchev–Trinajstić information content (AvgIpc) is 2.55. The molecule has 0 aliphatic carbocycles. The molecule has 8 heteroatoms. The smallest absolute Gasteiger partial charge is 0.349 e. The van der Waals surface area contributed by atoms with E-state index in [2.05, 4.69) is 5.32 Å². The molecule has 0 spiro atoms. The van der Waals surface area contributed by atoms with Crippen molar-refractivity contribution in [2.75, 3.05) is 5.32 Å². The van der Waals surface area contributed by atoms with Crippen LogP contribution in [-0.2, 0) is 10.0 Å². The molecular formula is C17H14N2O5S. The second-order valence-corrected chi connectivity index (χ2v) is 7.03. The first-order chi connectivity index (χ1) is 11.8. The summed E-state index contributed by atoms with van der Waals surface area (Å²) in [5.41, 5.74) is 0.650. The van der Waals surface area contributed by atoms with Crippen molar-refractivity contribution < 1.29 is 17.6 Å². The monoisotopic (exact) mass is 358 g/mol. The van der Waals surface area contributed by atoms with Gasteiger partial charge in [0.1, 0.15) is 11.1 Å². The van der Waals surface area contributed by atoms with Crippen LogP contribution in [0.2, 0.25) is 0 Å². The normalized spacial score (nSPS) is 11.4. The van der Waals surface area contributed by atoms with E-state index >= 15 is 0 Å². The van der Waals surface area contributed by atoms with E-state index < -0.39 is 21.6 Å². The molecule has 3 rings (SSSR count). The molecule has 0 bridgehead atoms. The number of sulfonamides is 1. The van der Waals surface area contributed by atoms with Gasteiger partial charge in [-0.2, -0.15) is 0 Å². The van der Waals surface area contributed by atoms with E-state index in [-0.39, 0.29) is 10.5 Å². The number of aryl methyl sites for hydroxylation is 1. The van der Waals surface area contributed by atoms with Gasteiger partial charge in [-0.25, -0.2) is 18.4 Å². The van der Waals surface area contributed by atoms with Crippen LogP contribution in [0.1, 0.15) is 15.9 Å². The summed E-state index contributed by atoms with van der Waals surface area (Å²) in [5, 5.41) is 8.17. The third-order valence-electron chi connectivity index (χ3n) is 3.64. The summed E-state index contributed by atoms with van der Waals surface area (Å²) in [6.45, 7) is 1.80. The molecule has 0 saturated heterocycles. The molecule has 3 aromatic rings. The van der Waals surface area contributed by atoms with Gasteiger partial charge in [-0.05, 0) is 42.8 Å². The summed E-state index contributed by atoms with van der Waals surface area (Å²) in [6, 6.07) is 12.1. The molecule has 0 radical (unpaired) electrons. The lowest BCUT2D eigenvalue weighted by Gasteiger charge is -2.07. The molecular weight excluding hydrogens is 344 g/mol. The van der Waals surface area contributed by atoms with Gasteiger partial charge in [0.05, 0.1) is 4.90 Å². The number of nitrogens with two attached hydrogens (primary N) is 1. The number of hydrogen-bond donors (Lipinski definition) is 2. The molecule has 3 N–H and O–H groups in total. The molecule has 25 heavy (non-hydrogen) atoms. The number of benzene rings is 2. The van der Waals surface area contributed by atoms with Gasteiger partial charge in [0.2, 0.25) is 10.0 Å². The highest BCUT2D eigenvalue weighted by Gasteiger charge is 2.15. The summed E-state index contributed by atoms with van der Waals surface area (Å²) in [4.78, 5) is 24.3. The van der Waals surface area contributed by atoms with E-state index in [1.54, 1.807) is 25.1 Å². The predicted octanol–water partition coefficient (Wildman–Crippen LogP) is 2.00. The maximum absolute atomic E-state index is 12.3. The number of carbonyl (C=O) groups excluding carboxylic acids is 1. The Hall–Kier alpha value is -2.97. The van der Waals surface area contributed by atoms with E-state index in [0.29, 0.717) is 16.7 Å². The molecule has 1 aromatic heterocycles. The van der Waals surface area contributed by atoms with E-state index in [1.807, 2.05) is 0 Å². The van der Waals surface area contributed by atoms with Crippen molar-refractivity contribution in [2.24, 2.45) is 5.14 Å². The van der Waals surface area contributed by atoms with Gasteiger partial charge in [-0.3, -0.25) is 4.79 Å². The second kappa shape index (κ2) is 6.15. The number of nitrogens with one attached hydrogen (secondary N) is 1. The first-order valence-electron chi connectivity index (χ1n) is 7.23. The van der Waals surface area contributed by atoms with E-state index in [4.69, 9.17) is 9.56 Å². The van der Waals surface area contributed by atoms with Crippen LogP contribution in [0.25, 0.3) is 11.0 Å². The Kier molecular flexibility index (Phi) is 4.15. The van der Waals surface area contributed by atoms with Crippen LogP contribution in [-0.4, -0.2) is 14.3 Å². The van der Waals surface area contributed by atoms with Crippen LogP contribution in [0.4, 0.5) is 5.69 Å². The minimum Gasteiger partial charge on any atom is -0.422 e. The molecule has 7 nitrogen and oxygen atoms in total. The molecule has 0 fully saturated rings. The number of primary sulfonamides is 1. The number of carbonyl (C=O) groups is 1.